The molecule has 1 aromatic heterocycles. The Morgan fingerprint density at radius 3 is 2.71 bits per heavy atom. The monoisotopic (exact) mass is 257 g/mol. The van der Waals surface area contributed by atoms with Gasteiger partial charge in [-0.1, -0.05) is 12.8 Å². The van der Waals surface area contributed by atoms with Crippen LogP contribution < -0.4 is 5.32 Å². The van der Waals surface area contributed by atoms with Crippen LogP contribution in [0.5, 0.6) is 0 Å². The smallest absolute Gasteiger partial charge is 0.254 e. The molecule has 4 nitrogen and oxygen atoms in total. The van der Waals surface area contributed by atoms with Crippen molar-refractivity contribution in [3.63, 3.8) is 0 Å². The molecule has 1 rings (SSSR count). The molecule has 0 aromatic carbocycles. The lowest BCUT2D eigenvalue weighted by molar-refractivity contribution is 0.0952. The number of aryl methyl sites for hydroxylation is 2. The lowest BCUT2D eigenvalue weighted by Gasteiger charge is -2.03. The summed E-state index contributed by atoms with van der Waals surface area (Å²) in [7, 11) is 1.82. The molecule has 0 aliphatic heterocycles. The number of carbonyl (C=O) groups is 1. The second kappa shape index (κ2) is 7.33. The number of nitrogens with one attached hydrogen (secondary N) is 1. The summed E-state index contributed by atoms with van der Waals surface area (Å²) in [5.74, 6) is 0.689. The molecule has 1 amide bonds. The molecule has 1 aromatic rings. The van der Waals surface area contributed by atoms with E-state index in [2.05, 4.69) is 10.4 Å². The first-order valence-corrected chi connectivity index (χ1v) is 6.53. The molecule has 96 valence electrons. The van der Waals surface area contributed by atoms with Crippen LogP contribution in [0.25, 0.3) is 0 Å². The maximum atomic E-state index is 11.8. The molecule has 0 atom stereocenters. The molecular formula is C12H20ClN3O. The lowest BCUT2D eigenvalue weighted by Crippen LogP contribution is -2.24. The Morgan fingerprint density at radius 1 is 1.41 bits per heavy atom. The van der Waals surface area contributed by atoms with E-state index in [9.17, 15) is 4.79 Å². The maximum Gasteiger partial charge on any atom is 0.254 e. The highest BCUT2D eigenvalue weighted by Gasteiger charge is 2.11. The van der Waals surface area contributed by atoms with Crippen molar-refractivity contribution in [1.82, 2.24) is 15.1 Å². The molecule has 0 saturated heterocycles. The summed E-state index contributed by atoms with van der Waals surface area (Å²) in [5, 5.41) is 7.05. The molecule has 0 aliphatic carbocycles. The van der Waals surface area contributed by atoms with Crippen molar-refractivity contribution in [2.24, 2.45) is 7.05 Å². The van der Waals surface area contributed by atoms with Crippen molar-refractivity contribution >= 4 is 17.5 Å². The first-order valence-electron chi connectivity index (χ1n) is 5.99. The van der Waals surface area contributed by atoms with Gasteiger partial charge in [0.1, 0.15) is 0 Å². The van der Waals surface area contributed by atoms with Crippen molar-refractivity contribution in [2.45, 2.75) is 32.6 Å². The first kappa shape index (κ1) is 14.0. The summed E-state index contributed by atoms with van der Waals surface area (Å²) in [6, 6.07) is 0. The van der Waals surface area contributed by atoms with Gasteiger partial charge < -0.3 is 5.32 Å². The Hall–Kier alpha value is -1.03. The Balaban J connectivity index is 2.23. The second-order valence-corrected chi connectivity index (χ2v) is 4.54. The van der Waals surface area contributed by atoms with Gasteiger partial charge in [0.05, 0.1) is 11.3 Å². The zero-order chi connectivity index (χ0) is 12.7. The molecule has 0 bridgehead atoms. The van der Waals surface area contributed by atoms with Gasteiger partial charge in [0.25, 0.3) is 5.91 Å². The highest BCUT2D eigenvalue weighted by atomic mass is 35.5. The second-order valence-electron chi connectivity index (χ2n) is 4.16. The highest BCUT2D eigenvalue weighted by Crippen LogP contribution is 2.04. The van der Waals surface area contributed by atoms with E-state index < -0.39 is 0 Å². The molecule has 1 N–H and O–H groups in total. The van der Waals surface area contributed by atoms with Crippen LogP contribution in [0, 0.1) is 6.92 Å². The molecule has 1 heterocycles. The summed E-state index contributed by atoms with van der Waals surface area (Å²) in [4.78, 5) is 11.8. The fourth-order valence-corrected chi connectivity index (χ4v) is 1.88. The summed E-state index contributed by atoms with van der Waals surface area (Å²) in [6.45, 7) is 2.56. The van der Waals surface area contributed by atoms with Gasteiger partial charge in [0, 0.05) is 25.7 Å². The zero-order valence-corrected chi connectivity index (χ0v) is 11.3. The van der Waals surface area contributed by atoms with E-state index in [1.54, 1.807) is 10.9 Å². The predicted octanol–water partition coefficient (Wildman–Crippen LogP) is 2.26. The van der Waals surface area contributed by atoms with Crippen molar-refractivity contribution in [3.05, 3.63) is 17.5 Å². The van der Waals surface area contributed by atoms with Crippen LogP contribution in [0.4, 0.5) is 0 Å². The Morgan fingerprint density at radius 2 is 2.12 bits per heavy atom. The van der Waals surface area contributed by atoms with Crippen LogP contribution in [-0.2, 0) is 7.05 Å². The number of alkyl halides is 1. The number of carbonyl (C=O) groups excluding carboxylic acids is 1. The zero-order valence-electron chi connectivity index (χ0n) is 10.5. The molecule has 0 aliphatic rings. The topological polar surface area (TPSA) is 46.9 Å². The number of aromatic nitrogens is 2. The Kier molecular flexibility index (Phi) is 6.05. The van der Waals surface area contributed by atoms with Gasteiger partial charge in [0.2, 0.25) is 0 Å². The third kappa shape index (κ3) is 4.77. The Labute approximate surface area is 107 Å². The van der Waals surface area contributed by atoms with Crippen molar-refractivity contribution in [3.8, 4) is 0 Å². The van der Waals surface area contributed by atoms with Gasteiger partial charge in [-0.05, 0) is 19.8 Å². The standard InChI is InChI=1S/C12H20ClN3O/c1-10-11(9-16(2)15-10)12(17)14-8-6-4-3-5-7-13/h9H,3-8H2,1-2H3,(H,14,17). The van der Waals surface area contributed by atoms with E-state index in [0.717, 1.165) is 43.8 Å². The van der Waals surface area contributed by atoms with E-state index in [-0.39, 0.29) is 5.91 Å². The number of halogens is 1. The van der Waals surface area contributed by atoms with Gasteiger partial charge in [-0.25, -0.2) is 0 Å². The largest absolute Gasteiger partial charge is 0.352 e. The van der Waals surface area contributed by atoms with E-state index in [1.165, 1.54) is 0 Å². The molecule has 0 radical (unpaired) electrons. The van der Waals surface area contributed by atoms with Gasteiger partial charge in [0.15, 0.2) is 0 Å². The Bertz CT molecular complexity index is 363. The van der Waals surface area contributed by atoms with E-state index in [0.29, 0.717) is 5.56 Å². The summed E-state index contributed by atoms with van der Waals surface area (Å²) >= 11 is 5.59. The van der Waals surface area contributed by atoms with Gasteiger partial charge in [-0.3, -0.25) is 9.48 Å². The minimum Gasteiger partial charge on any atom is -0.352 e. The molecular weight excluding hydrogens is 238 g/mol. The number of amides is 1. The van der Waals surface area contributed by atoms with Gasteiger partial charge in [-0.15, -0.1) is 11.6 Å². The SMILES string of the molecule is Cc1nn(C)cc1C(=O)NCCCCCCCl. The van der Waals surface area contributed by atoms with Crippen molar-refractivity contribution in [2.75, 3.05) is 12.4 Å². The molecule has 0 fully saturated rings. The minimum absolute atomic E-state index is 0.0343. The normalized spacial score (nSPS) is 10.5. The number of hydrogen-bond donors (Lipinski definition) is 1. The van der Waals surface area contributed by atoms with E-state index in [4.69, 9.17) is 11.6 Å². The predicted molar refractivity (Wildman–Crippen MR) is 69.5 cm³/mol. The minimum atomic E-state index is -0.0343. The van der Waals surface area contributed by atoms with Crippen LogP contribution in [0.1, 0.15) is 41.7 Å². The molecule has 0 spiro atoms. The van der Waals surface area contributed by atoms with Crippen LogP contribution >= 0.6 is 11.6 Å². The fourth-order valence-electron chi connectivity index (χ4n) is 1.69. The molecule has 0 unspecified atom stereocenters. The summed E-state index contributed by atoms with van der Waals surface area (Å²) < 4.78 is 1.66. The van der Waals surface area contributed by atoms with E-state index >= 15 is 0 Å². The van der Waals surface area contributed by atoms with Crippen LogP contribution in [0.15, 0.2) is 6.20 Å². The van der Waals surface area contributed by atoms with Crippen molar-refractivity contribution in [1.29, 1.82) is 0 Å². The number of rotatable bonds is 7. The van der Waals surface area contributed by atoms with Gasteiger partial charge >= 0.3 is 0 Å². The fraction of sp³-hybridized carbons (Fsp3) is 0.667. The van der Waals surface area contributed by atoms with Crippen molar-refractivity contribution < 1.29 is 4.79 Å². The number of hydrogen-bond acceptors (Lipinski definition) is 2. The molecule has 17 heavy (non-hydrogen) atoms. The first-order chi connectivity index (χ1) is 8.15. The van der Waals surface area contributed by atoms with Crippen LogP contribution in [-0.4, -0.2) is 28.1 Å². The van der Waals surface area contributed by atoms with E-state index in [1.807, 2.05) is 14.0 Å². The third-order valence-corrected chi connectivity index (χ3v) is 2.87. The summed E-state index contributed by atoms with van der Waals surface area (Å²) in [5.41, 5.74) is 1.43. The highest BCUT2D eigenvalue weighted by molar-refractivity contribution is 6.17. The number of unbranched alkanes of at least 4 members (excludes halogenated alkanes) is 3. The van der Waals surface area contributed by atoms with Crippen LogP contribution in [0.3, 0.4) is 0 Å². The molecule has 5 heteroatoms. The average Bonchev–Trinajstić information content (AvgIpc) is 2.62. The molecule has 0 saturated carbocycles. The maximum absolute atomic E-state index is 11.8. The summed E-state index contributed by atoms with van der Waals surface area (Å²) in [6.07, 6.45) is 6.04. The number of nitrogens with zero attached hydrogens (tertiary/aromatic N) is 2. The quantitative estimate of drug-likeness (QED) is 0.602. The van der Waals surface area contributed by atoms with Gasteiger partial charge in [-0.2, -0.15) is 5.10 Å². The average molecular weight is 258 g/mol. The lowest BCUT2D eigenvalue weighted by atomic mass is 10.2. The van der Waals surface area contributed by atoms with Crippen LogP contribution in [0.2, 0.25) is 0 Å². The third-order valence-electron chi connectivity index (χ3n) is 2.60.